The minimum absolute atomic E-state index is 0.508. The molecule has 0 radical (unpaired) electrons. The van der Waals surface area contributed by atoms with Crippen molar-refractivity contribution in [3.63, 3.8) is 0 Å². The molecule has 3 rings (SSSR count). The van der Waals surface area contributed by atoms with Crippen LogP contribution in [0.25, 0.3) is 0 Å². The molecule has 0 aliphatic heterocycles. The normalized spacial score (nSPS) is 10.4. The maximum absolute atomic E-state index is 6.16. The molecule has 0 saturated carbocycles. The van der Waals surface area contributed by atoms with Crippen molar-refractivity contribution in [2.45, 2.75) is 13.8 Å². The third-order valence-electron chi connectivity index (χ3n) is 3.61. The first kappa shape index (κ1) is 17.0. The van der Waals surface area contributed by atoms with Gasteiger partial charge in [-0.1, -0.05) is 17.7 Å². The molecule has 2 aromatic carbocycles. The van der Waals surface area contributed by atoms with Crippen LogP contribution in [0, 0.1) is 6.92 Å². The second kappa shape index (κ2) is 7.85. The van der Waals surface area contributed by atoms with E-state index in [4.69, 9.17) is 16.3 Å². The van der Waals surface area contributed by atoms with Gasteiger partial charge in [0.25, 0.3) is 0 Å². The van der Waals surface area contributed by atoms with Crippen molar-refractivity contribution in [3.05, 3.63) is 65.3 Å². The monoisotopic (exact) mass is 354 g/mol. The highest BCUT2D eigenvalue weighted by Crippen LogP contribution is 2.26. The van der Waals surface area contributed by atoms with Crippen LogP contribution < -0.4 is 15.4 Å². The van der Waals surface area contributed by atoms with Gasteiger partial charge in [0.05, 0.1) is 6.61 Å². The Balaban J connectivity index is 1.74. The first-order valence-corrected chi connectivity index (χ1v) is 8.38. The number of anilines is 4. The van der Waals surface area contributed by atoms with Gasteiger partial charge in [-0.3, -0.25) is 0 Å². The van der Waals surface area contributed by atoms with Crippen molar-refractivity contribution in [3.8, 4) is 5.75 Å². The topological polar surface area (TPSA) is 59.1 Å². The fourth-order valence-electron chi connectivity index (χ4n) is 2.30. The molecule has 0 amide bonds. The molecule has 2 N–H and O–H groups in total. The first-order valence-electron chi connectivity index (χ1n) is 8.01. The van der Waals surface area contributed by atoms with Gasteiger partial charge in [-0.15, -0.1) is 0 Å². The summed E-state index contributed by atoms with van der Waals surface area (Å²) >= 11 is 6.16. The van der Waals surface area contributed by atoms with Gasteiger partial charge >= 0.3 is 0 Å². The summed E-state index contributed by atoms with van der Waals surface area (Å²) in [4.78, 5) is 8.74. The van der Waals surface area contributed by atoms with E-state index in [9.17, 15) is 0 Å². The molecule has 0 spiro atoms. The van der Waals surface area contributed by atoms with Gasteiger partial charge < -0.3 is 15.4 Å². The number of nitrogens with one attached hydrogen (secondary N) is 2. The van der Waals surface area contributed by atoms with Crippen molar-refractivity contribution in [2.24, 2.45) is 0 Å². The van der Waals surface area contributed by atoms with E-state index in [1.807, 2.05) is 62.4 Å². The van der Waals surface area contributed by atoms with Crippen LogP contribution in [0.1, 0.15) is 12.5 Å². The zero-order valence-electron chi connectivity index (χ0n) is 14.1. The Morgan fingerprint density at radius 2 is 1.84 bits per heavy atom. The van der Waals surface area contributed by atoms with Crippen molar-refractivity contribution >= 4 is 34.7 Å². The van der Waals surface area contributed by atoms with E-state index in [2.05, 4.69) is 20.6 Å². The summed E-state index contributed by atoms with van der Waals surface area (Å²) in [6, 6.07) is 15.2. The number of hydrogen-bond acceptors (Lipinski definition) is 5. The van der Waals surface area contributed by atoms with Crippen molar-refractivity contribution in [1.82, 2.24) is 9.97 Å². The smallest absolute Gasteiger partial charge is 0.229 e. The number of nitrogens with zero attached hydrogens (tertiary/aromatic N) is 2. The highest BCUT2D eigenvalue weighted by atomic mass is 35.5. The Labute approximate surface area is 152 Å². The van der Waals surface area contributed by atoms with Gasteiger partial charge in [0.2, 0.25) is 5.95 Å². The van der Waals surface area contributed by atoms with Gasteiger partial charge in [-0.25, -0.2) is 4.98 Å². The summed E-state index contributed by atoms with van der Waals surface area (Å²) in [7, 11) is 0. The molecule has 0 bridgehead atoms. The standard InChI is InChI=1S/C19H19ClN4O/c1-3-25-15-9-7-14(8-10-15)22-19-21-12-11-18(24-19)23-17-6-4-5-16(20)13(17)2/h4-12H,3H2,1-2H3,(H2,21,22,23,24). The van der Waals surface area contributed by atoms with Crippen LogP contribution in [0.3, 0.4) is 0 Å². The average Bonchev–Trinajstić information content (AvgIpc) is 2.61. The van der Waals surface area contributed by atoms with E-state index in [0.29, 0.717) is 23.4 Å². The number of benzene rings is 2. The van der Waals surface area contributed by atoms with E-state index >= 15 is 0 Å². The Kier molecular flexibility index (Phi) is 5.36. The minimum atomic E-state index is 0.508. The second-order valence-electron chi connectivity index (χ2n) is 5.39. The molecule has 25 heavy (non-hydrogen) atoms. The van der Waals surface area contributed by atoms with E-state index in [1.54, 1.807) is 6.20 Å². The predicted molar refractivity (Wildman–Crippen MR) is 102 cm³/mol. The molecule has 1 aromatic heterocycles. The Hall–Kier alpha value is -2.79. The lowest BCUT2D eigenvalue weighted by Crippen LogP contribution is -2.01. The first-order chi connectivity index (χ1) is 12.2. The van der Waals surface area contributed by atoms with E-state index in [1.165, 1.54) is 0 Å². The lowest BCUT2D eigenvalue weighted by Gasteiger charge is -2.11. The Morgan fingerprint density at radius 3 is 2.60 bits per heavy atom. The summed E-state index contributed by atoms with van der Waals surface area (Å²) < 4.78 is 5.44. The molecule has 0 atom stereocenters. The second-order valence-corrected chi connectivity index (χ2v) is 5.79. The SMILES string of the molecule is CCOc1ccc(Nc2nccc(Nc3cccc(Cl)c3C)n2)cc1. The van der Waals surface area contributed by atoms with Crippen LogP contribution in [-0.2, 0) is 0 Å². The van der Waals surface area contributed by atoms with Gasteiger partial charge in [-0.05, 0) is 61.9 Å². The molecule has 0 aliphatic carbocycles. The minimum Gasteiger partial charge on any atom is -0.494 e. The molecule has 0 aliphatic rings. The number of aromatic nitrogens is 2. The molecular weight excluding hydrogens is 336 g/mol. The molecule has 6 heteroatoms. The molecule has 5 nitrogen and oxygen atoms in total. The molecule has 3 aromatic rings. The van der Waals surface area contributed by atoms with Crippen LogP contribution >= 0.6 is 11.6 Å². The molecule has 0 unspecified atom stereocenters. The predicted octanol–water partition coefficient (Wildman–Crippen LogP) is 5.32. The quantitative estimate of drug-likeness (QED) is 0.627. The van der Waals surface area contributed by atoms with Crippen molar-refractivity contribution in [2.75, 3.05) is 17.2 Å². The molecule has 1 heterocycles. The molecule has 128 valence electrons. The summed E-state index contributed by atoms with van der Waals surface area (Å²) in [5.74, 6) is 2.03. The third-order valence-corrected chi connectivity index (χ3v) is 4.02. The van der Waals surface area contributed by atoms with Gasteiger partial charge in [0.1, 0.15) is 11.6 Å². The number of hydrogen-bond donors (Lipinski definition) is 2. The van der Waals surface area contributed by atoms with Crippen LogP contribution in [0.15, 0.2) is 54.7 Å². The maximum atomic E-state index is 6.16. The largest absolute Gasteiger partial charge is 0.494 e. The van der Waals surface area contributed by atoms with E-state index in [0.717, 1.165) is 22.7 Å². The van der Waals surface area contributed by atoms with Gasteiger partial charge in [0.15, 0.2) is 0 Å². The van der Waals surface area contributed by atoms with Gasteiger partial charge in [-0.2, -0.15) is 4.98 Å². The van der Waals surface area contributed by atoms with Gasteiger partial charge in [0, 0.05) is 22.6 Å². The van der Waals surface area contributed by atoms with Crippen LogP contribution in [-0.4, -0.2) is 16.6 Å². The Morgan fingerprint density at radius 1 is 1.04 bits per heavy atom. The highest BCUT2D eigenvalue weighted by molar-refractivity contribution is 6.31. The lowest BCUT2D eigenvalue weighted by atomic mass is 10.2. The van der Waals surface area contributed by atoms with Crippen LogP contribution in [0.4, 0.5) is 23.1 Å². The fourth-order valence-corrected chi connectivity index (χ4v) is 2.47. The number of rotatable bonds is 6. The summed E-state index contributed by atoms with van der Waals surface area (Å²) in [5, 5.41) is 7.17. The molecule has 0 saturated heterocycles. The zero-order valence-corrected chi connectivity index (χ0v) is 14.8. The number of halogens is 1. The van der Waals surface area contributed by atoms with Crippen molar-refractivity contribution in [1.29, 1.82) is 0 Å². The van der Waals surface area contributed by atoms with E-state index < -0.39 is 0 Å². The molecular formula is C19H19ClN4O. The fraction of sp³-hybridized carbons (Fsp3) is 0.158. The Bertz CT molecular complexity index is 852. The zero-order chi connectivity index (χ0) is 17.6. The van der Waals surface area contributed by atoms with Crippen LogP contribution in [0.2, 0.25) is 5.02 Å². The maximum Gasteiger partial charge on any atom is 0.229 e. The van der Waals surface area contributed by atoms with Crippen molar-refractivity contribution < 1.29 is 4.74 Å². The van der Waals surface area contributed by atoms with E-state index in [-0.39, 0.29) is 0 Å². The average molecular weight is 355 g/mol. The summed E-state index contributed by atoms with van der Waals surface area (Å²) in [5.41, 5.74) is 2.78. The molecule has 0 fully saturated rings. The lowest BCUT2D eigenvalue weighted by molar-refractivity contribution is 0.340. The summed E-state index contributed by atoms with van der Waals surface area (Å²) in [6.07, 6.45) is 1.70. The summed E-state index contributed by atoms with van der Waals surface area (Å²) in [6.45, 7) is 4.57. The third kappa shape index (κ3) is 4.39. The highest BCUT2D eigenvalue weighted by Gasteiger charge is 2.05. The van der Waals surface area contributed by atoms with Crippen LogP contribution in [0.5, 0.6) is 5.75 Å². The number of ether oxygens (including phenoxy) is 1.